The number of aliphatic carboxylic acids is 1. The van der Waals surface area contributed by atoms with Crippen molar-refractivity contribution < 1.29 is 19.4 Å². The van der Waals surface area contributed by atoms with Crippen LogP contribution in [-0.4, -0.2) is 42.9 Å². The van der Waals surface area contributed by atoms with E-state index in [1.54, 1.807) is 6.92 Å². The molecule has 0 bridgehead atoms. The van der Waals surface area contributed by atoms with Crippen LogP contribution in [0.5, 0.6) is 0 Å². The Labute approximate surface area is 102 Å². The Kier molecular flexibility index (Phi) is 8.13. The Morgan fingerprint density at radius 3 is 2.47 bits per heavy atom. The minimum atomic E-state index is -0.932. The summed E-state index contributed by atoms with van der Waals surface area (Å²) >= 11 is 0. The van der Waals surface area contributed by atoms with Crippen LogP contribution in [-0.2, 0) is 9.53 Å². The van der Waals surface area contributed by atoms with Gasteiger partial charge in [0.2, 0.25) is 0 Å². The first-order chi connectivity index (χ1) is 7.91. The molecule has 0 saturated heterocycles. The summed E-state index contributed by atoms with van der Waals surface area (Å²) in [5.74, 6) is -0.461. The minimum absolute atomic E-state index is 0.0860. The van der Waals surface area contributed by atoms with Gasteiger partial charge in [0.15, 0.2) is 0 Å². The molecule has 0 saturated carbocycles. The molecule has 0 aliphatic rings. The van der Waals surface area contributed by atoms with E-state index in [1.165, 1.54) is 0 Å². The molecule has 0 aromatic rings. The number of carbonyl (C=O) groups is 2. The first-order valence-corrected chi connectivity index (χ1v) is 5.75. The summed E-state index contributed by atoms with van der Waals surface area (Å²) in [6.45, 7) is 7.28. The molecule has 6 nitrogen and oxygen atoms in total. The van der Waals surface area contributed by atoms with Crippen molar-refractivity contribution in [2.45, 2.75) is 33.2 Å². The molecule has 0 aliphatic carbocycles. The summed E-state index contributed by atoms with van der Waals surface area (Å²) in [6, 6.07) is -0.754. The van der Waals surface area contributed by atoms with Crippen LogP contribution < -0.4 is 10.6 Å². The fourth-order valence-corrected chi connectivity index (χ4v) is 1.14. The van der Waals surface area contributed by atoms with Crippen LogP contribution in [0.1, 0.15) is 27.2 Å². The van der Waals surface area contributed by atoms with E-state index in [0.717, 1.165) is 0 Å². The lowest BCUT2D eigenvalue weighted by Gasteiger charge is -2.13. The van der Waals surface area contributed by atoms with Crippen molar-refractivity contribution in [1.82, 2.24) is 10.6 Å². The predicted octanol–water partition coefficient (Wildman–Crippen LogP) is 0.821. The highest BCUT2D eigenvalue weighted by Gasteiger charge is 2.09. The van der Waals surface area contributed by atoms with E-state index in [1.807, 2.05) is 13.8 Å². The monoisotopic (exact) mass is 246 g/mol. The lowest BCUT2D eigenvalue weighted by molar-refractivity contribution is -0.137. The molecule has 1 unspecified atom stereocenters. The van der Waals surface area contributed by atoms with Crippen molar-refractivity contribution in [1.29, 1.82) is 0 Å². The smallest absolute Gasteiger partial charge is 0.315 e. The van der Waals surface area contributed by atoms with Gasteiger partial charge in [-0.25, -0.2) is 4.79 Å². The van der Waals surface area contributed by atoms with Gasteiger partial charge in [0, 0.05) is 19.2 Å². The summed E-state index contributed by atoms with van der Waals surface area (Å²) in [6.07, 6.45) is -0.0860. The van der Waals surface area contributed by atoms with Crippen LogP contribution in [0.15, 0.2) is 0 Å². The zero-order valence-corrected chi connectivity index (χ0v) is 10.7. The molecule has 3 N–H and O–H groups in total. The fraction of sp³-hybridized carbons (Fsp3) is 0.818. The molecule has 0 rings (SSSR count). The normalized spacial score (nSPS) is 12.2. The standard InChI is InChI=1S/C11H22N2O4/c1-8(2)7-17-5-4-12-11(16)13-9(3)6-10(14)15/h8-9H,4-7H2,1-3H3,(H,14,15)(H2,12,13,16). The summed E-state index contributed by atoms with van der Waals surface area (Å²) in [4.78, 5) is 21.6. The number of hydrogen-bond donors (Lipinski definition) is 3. The molecule has 0 fully saturated rings. The number of nitrogens with one attached hydrogen (secondary N) is 2. The maximum Gasteiger partial charge on any atom is 0.315 e. The van der Waals surface area contributed by atoms with Crippen LogP contribution in [0.4, 0.5) is 4.79 Å². The summed E-state index contributed by atoms with van der Waals surface area (Å²) < 4.78 is 5.28. The second-order valence-electron chi connectivity index (χ2n) is 4.37. The van der Waals surface area contributed by atoms with Gasteiger partial charge in [0.05, 0.1) is 13.0 Å². The second kappa shape index (κ2) is 8.81. The van der Waals surface area contributed by atoms with Gasteiger partial charge in [0.25, 0.3) is 0 Å². The quantitative estimate of drug-likeness (QED) is 0.553. The second-order valence-corrected chi connectivity index (χ2v) is 4.37. The predicted molar refractivity (Wildman–Crippen MR) is 63.9 cm³/mol. The van der Waals surface area contributed by atoms with E-state index in [0.29, 0.717) is 25.7 Å². The van der Waals surface area contributed by atoms with Crippen molar-refractivity contribution in [2.75, 3.05) is 19.8 Å². The molecule has 2 amide bonds. The van der Waals surface area contributed by atoms with Crippen molar-refractivity contribution in [3.63, 3.8) is 0 Å². The van der Waals surface area contributed by atoms with Gasteiger partial charge in [0.1, 0.15) is 0 Å². The number of carboxylic acid groups (broad SMARTS) is 1. The van der Waals surface area contributed by atoms with E-state index in [2.05, 4.69) is 10.6 Å². The topological polar surface area (TPSA) is 87.7 Å². The number of ether oxygens (including phenoxy) is 1. The Bertz CT molecular complexity index is 244. The van der Waals surface area contributed by atoms with Crippen molar-refractivity contribution in [3.05, 3.63) is 0 Å². The van der Waals surface area contributed by atoms with E-state index in [-0.39, 0.29) is 18.5 Å². The minimum Gasteiger partial charge on any atom is -0.481 e. The van der Waals surface area contributed by atoms with E-state index < -0.39 is 5.97 Å². The molecule has 0 radical (unpaired) electrons. The maximum absolute atomic E-state index is 11.3. The third kappa shape index (κ3) is 11.0. The Balaban J connectivity index is 3.49. The first-order valence-electron chi connectivity index (χ1n) is 5.75. The molecule has 0 spiro atoms. The zero-order chi connectivity index (χ0) is 13.3. The van der Waals surface area contributed by atoms with Crippen LogP contribution in [0.2, 0.25) is 0 Å². The van der Waals surface area contributed by atoms with Gasteiger partial charge in [-0.15, -0.1) is 0 Å². The van der Waals surface area contributed by atoms with E-state index in [9.17, 15) is 9.59 Å². The Morgan fingerprint density at radius 1 is 1.29 bits per heavy atom. The first kappa shape index (κ1) is 15.7. The van der Waals surface area contributed by atoms with Crippen molar-refractivity contribution in [3.8, 4) is 0 Å². The largest absolute Gasteiger partial charge is 0.481 e. The average Bonchev–Trinajstić information content (AvgIpc) is 2.14. The third-order valence-corrected chi connectivity index (χ3v) is 1.84. The Morgan fingerprint density at radius 2 is 1.94 bits per heavy atom. The molecular weight excluding hydrogens is 224 g/mol. The Hall–Kier alpha value is -1.30. The lowest BCUT2D eigenvalue weighted by atomic mass is 10.2. The molecular formula is C11H22N2O4. The van der Waals surface area contributed by atoms with E-state index >= 15 is 0 Å². The van der Waals surface area contributed by atoms with Gasteiger partial charge in [-0.1, -0.05) is 13.8 Å². The third-order valence-electron chi connectivity index (χ3n) is 1.84. The molecule has 0 aliphatic heterocycles. The van der Waals surface area contributed by atoms with Crippen molar-refractivity contribution in [2.24, 2.45) is 5.92 Å². The number of urea groups is 1. The number of carbonyl (C=O) groups excluding carboxylic acids is 1. The molecule has 100 valence electrons. The number of amides is 2. The highest BCUT2D eigenvalue weighted by Crippen LogP contribution is 1.91. The zero-order valence-electron chi connectivity index (χ0n) is 10.7. The van der Waals surface area contributed by atoms with Gasteiger partial charge >= 0.3 is 12.0 Å². The maximum atomic E-state index is 11.3. The van der Waals surface area contributed by atoms with Crippen LogP contribution >= 0.6 is 0 Å². The van der Waals surface area contributed by atoms with Gasteiger partial charge in [-0.05, 0) is 12.8 Å². The van der Waals surface area contributed by atoms with Crippen LogP contribution in [0, 0.1) is 5.92 Å². The van der Waals surface area contributed by atoms with Crippen molar-refractivity contribution >= 4 is 12.0 Å². The van der Waals surface area contributed by atoms with Crippen LogP contribution in [0.3, 0.4) is 0 Å². The summed E-state index contributed by atoms with van der Waals surface area (Å²) in [5, 5.41) is 13.6. The molecule has 6 heteroatoms. The number of hydrogen-bond acceptors (Lipinski definition) is 3. The molecule has 0 aromatic carbocycles. The van der Waals surface area contributed by atoms with Gasteiger partial charge in [-0.3, -0.25) is 4.79 Å². The SMILES string of the molecule is CC(C)COCCNC(=O)NC(C)CC(=O)O. The molecule has 17 heavy (non-hydrogen) atoms. The molecule has 0 aromatic heterocycles. The fourth-order valence-electron chi connectivity index (χ4n) is 1.14. The van der Waals surface area contributed by atoms with Crippen LogP contribution in [0.25, 0.3) is 0 Å². The highest BCUT2D eigenvalue weighted by molar-refractivity contribution is 5.75. The number of rotatable bonds is 8. The summed E-state index contributed by atoms with van der Waals surface area (Å²) in [7, 11) is 0. The lowest BCUT2D eigenvalue weighted by Crippen LogP contribution is -2.42. The summed E-state index contributed by atoms with van der Waals surface area (Å²) in [5.41, 5.74) is 0. The van der Waals surface area contributed by atoms with E-state index in [4.69, 9.17) is 9.84 Å². The van der Waals surface area contributed by atoms with Gasteiger partial charge < -0.3 is 20.5 Å². The average molecular weight is 246 g/mol. The highest BCUT2D eigenvalue weighted by atomic mass is 16.5. The number of carboxylic acids is 1. The van der Waals surface area contributed by atoms with Gasteiger partial charge in [-0.2, -0.15) is 0 Å². The molecule has 0 heterocycles. The molecule has 1 atom stereocenters.